The summed E-state index contributed by atoms with van der Waals surface area (Å²) in [4.78, 5) is 9.76. The Morgan fingerprint density at radius 2 is 2.20 bits per heavy atom. The smallest absolute Gasteiger partial charge is 0.404 e. The minimum absolute atomic E-state index is 0.0891. The summed E-state index contributed by atoms with van der Waals surface area (Å²) in [5.74, 6) is 0. The van der Waals surface area contributed by atoms with Gasteiger partial charge in [0.15, 0.2) is 0 Å². The first-order valence-electron chi connectivity index (χ1n) is 3.06. The Labute approximate surface area is 60.6 Å². The first-order chi connectivity index (χ1) is 4.77. The van der Waals surface area contributed by atoms with Crippen LogP contribution in [0, 0.1) is 11.3 Å². The topological polar surface area (TPSA) is 76.1 Å². The van der Waals surface area contributed by atoms with Crippen molar-refractivity contribution in [3.05, 3.63) is 0 Å². The SMILES string of the molecule is CC.N#CCCOC(N)=O. The Morgan fingerprint density at radius 3 is 2.50 bits per heavy atom. The lowest BCUT2D eigenvalue weighted by molar-refractivity contribution is 0.159. The number of ether oxygens (including phenoxy) is 1. The molecule has 10 heavy (non-hydrogen) atoms. The summed E-state index contributed by atoms with van der Waals surface area (Å²) < 4.78 is 4.20. The number of rotatable bonds is 2. The van der Waals surface area contributed by atoms with Crippen LogP contribution in [0.5, 0.6) is 0 Å². The van der Waals surface area contributed by atoms with Crippen molar-refractivity contribution in [3.63, 3.8) is 0 Å². The number of carbonyl (C=O) groups is 1. The molecule has 58 valence electrons. The van der Waals surface area contributed by atoms with Gasteiger partial charge in [0, 0.05) is 0 Å². The first kappa shape index (κ1) is 11.5. The fourth-order valence-corrected chi connectivity index (χ4v) is 0.197. The van der Waals surface area contributed by atoms with Crippen molar-refractivity contribution >= 4 is 6.09 Å². The molecule has 0 aromatic rings. The third-order valence-electron chi connectivity index (χ3n) is 0.458. The van der Waals surface area contributed by atoms with E-state index in [0.29, 0.717) is 0 Å². The van der Waals surface area contributed by atoms with Crippen molar-refractivity contribution in [2.75, 3.05) is 6.61 Å². The number of carbonyl (C=O) groups excluding carboxylic acids is 1. The van der Waals surface area contributed by atoms with Gasteiger partial charge in [0.05, 0.1) is 12.5 Å². The molecule has 0 radical (unpaired) electrons. The number of hydrogen-bond acceptors (Lipinski definition) is 3. The van der Waals surface area contributed by atoms with E-state index in [4.69, 9.17) is 5.26 Å². The molecular weight excluding hydrogens is 132 g/mol. The zero-order chi connectivity index (χ0) is 8.41. The summed E-state index contributed by atoms with van der Waals surface area (Å²) in [6, 6.07) is 1.79. The van der Waals surface area contributed by atoms with E-state index in [1.807, 2.05) is 13.8 Å². The van der Waals surface area contributed by atoms with Crippen molar-refractivity contribution in [2.45, 2.75) is 20.3 Å². The van der Waals surface area contributed by atoms with Crippen LogP contribution >= 0.6 is 0 Å². The van der Waals surface area contributed by atoms with Gasteiger partial charge in [-0.15, -0.1) is 0 Å². The molecule has 0 spiro atoms. The zero-order valence-electron chi connectivity index (χ0n) is 6.26. The van der Waals surface area contributed by atoms with Crippen LogP contribution < -0.4 is 5.73 Å². The molecule has 2 N–H and O–H groups in total. The second-order valence-corrected chi connectivity index (χ2v) is 1.08. The van der Waals surface area contributed by atoms with Crippen molar-refractivity contribution in [2.24, 2.45) is 5.73 Å². The van der Waals surface area contributed by atoms with Crippen molar-refractivity contribution in [1.29, 1.82) is 5.26 Å². The quantitative estimate of drug-likeness (QED) is 0.588. The second-order valence-electron chi connectivity index (χ2n) is 1.08. The largest absolute Gasteiger partial charge is 0.449 e. The number of amides is 1. The molecular formula is C6H12N2O2. The van der Waals surface area contributed by atoms with Crippen LogP contribution in [0.25, 0.3) is 0 Å². The molecule has 0 saturated carbocycles. The van der Waals surface area contributed by atoms with Crippen LogP contribution in [0.4, 0.5) is 4.79 Å². The molecule has 0 aliphatic rings. The summed E-state index contributed by atoms with van der Waals surface area (Å²) in [6.07, 6.45) is -0.636. The second kappa shape index (κ2) is 10.7. The molecule has 0 fully saturated rings. The van der Waals surface area contributed by atoms with E-state index in [-0.39, 0.29) is 13.0 Å². The Bertz CT molecular complexity index is 117. The third kappa shape index (κ3) is 15.9. The lowest BCUT2D eigenvalue weighted by Gasteiger charge is -1.92. The number of hydrogen-bond donors (Lipinski definition) is 1. The number of primary amides is 1. The van der Waals surface area contributed by atoms with Gasteiger partial charge in [-0.05, 0) is 0 Å². The molecule has 4 nitrogen and oxygen atoms in total. The van der Waals surface area contributed by atoms with E-state index in [2.05, 4.69) is 10.5 Å². The highest BCUT2D eigenvalue weighted by molar-refractivity contribution is 5.64. The van der Waals surface area contributed by atoms with Gasteiger partial charge in [0.25, 0.3) is 0 Å². The highest BCUT2D eigenvalue weighted by Crippen LogP contribution is 1.77. The monoisotopic (exact) mass is 144 g/mol. The highest BCUT2D eigenvalue weighted by atomic mass is 16.5. The standard InChI is InChI=1S/C4H6N2O2.C2H6/c5-2-1-3-8-4(6)7;1-2/h1,3H2,(H2,6,7);1-2H3. The number of nitrogens with zero attached hydrogens (tertiary/aromatic N) is 1. The van der Waals surface area contributed by atoms with Crippen LogP contribution in [0.15, 0.2) is 0 Å². The molecule has 0 rings (SSSR count). The van der Waals surface area contributed by atoms with E-state index in [1.165, 1.54) is 0 Å². The van der Waals surface area contributed by atoms with Crippen LogP contribution in [-0.2, 0) is 4.74 Å². The van der Waals surface area contributed by atoms with Gasteiger partial charge < -0.3 is 10.5 Å². The summed E-state index contributed by atoms with van der Waals surface area (Å²) in [5, 5.41) is 7.90. The molecule has 0 aromatic carbocycles. The Morgan fingerprint density at radius 1 is 1.70 bits per heavy atom. The molecule has 0 aliphatic heterocycles. The van der Waals surface area contributed by atoms with Gasteiger partial charge in [-0.3, -0.25) is 0 Å². The lowest BCUT2D eigenvalue weighted by atomic mass is 10.5. The number of nitrogens with two attached hydrogens (primary N) is 1. The maximum Gasteiger partial charge on any atom is 0.404 e. The van der Waals surface area contributed by atoms with Crippen molar-refractivity contribution in [1.82, 2.24) is 0 Å². The summed E-state index contributed by atoms with van der Waals surface area (Å²) in [6.45, 7) is 4.09. The maximum absolute atomic E-state index is 9.76. The summed E-state index contributed by atoms with van der Waals surface area (Å²) in [5.41, 5.74) is 4.56. The van der Waals surface area contributed by atoms with Gasteiger partial charge >= 0.3 is 6.09 Å². The van der Waals surface area contributed by atoms with Crippen molar-refractivity contribution < 1.29 is 9.53 Å². The molecule has 0 aliphatic carbocycles. The Balaban J connectivity index is 0. The van der Waals surface area contributed by atoms with Crippen LogP contribution in [0.1, 0.15) is 20.3 Å². The maximum atomic E-state index is 9.76. The van der Waals surface area contributed by atoms with Crippen LogP contribution in [0.3, 0.4) is 0 Å². The summed E-state index contributed by atoms with van der Waals surface area (Å²) in [7, 11) is 0. The Hall–Kier alpha value is -1.24. The third-order valence-corrected chi connectivity index (χ3v) is 0.458. The average molecular weight is 144 g/mol. The van der Waals surface area contributed by atoms with Gasteiger partial charge in [-0.2, -0.15) is 5.26 Å². The van der Waals surface area contributed by atoms with Gasteiger partial charge in [0.1, 0.15) is 6.61 Å². The van der Waals surface area contributed by atoms with E-state index in [1.54, 1.807) is 6.07 Å². The zero-order valence-corrected chi connectivity index (χ0v) is 6.26. The van der Waals surface area contributed by atoms with Gasteiger partial charge in [-0.1, -0.05) is 13.8 Å². The van der Waals surface area contributed by atoms with Gasteiger partial charge in [0.2, 0.25) is 0 Å². The predicted octanol–water partition coefficient (Wildman–Crippen LogP) is 1.02. The molecule has 0 unspecified atom stereocenters. The molecule has 0 atom stereocenters. The molecule has 1 amide bonds. The lowest BCUT2D eigenvalue weighted by Crippen LogP contribution is -2.13. The summed E-state index contributed by atoms with van der Waals surface area (Å²) >= 11 is 0. The van der Waals surface area contributed by atoms with Crippen molar-refractivity contribution in [3.8, 4) is 6.07 Å². The van der Waals surface area contributed by atoms with E-state index in [0.717, 1.165) is 0 Å². The van der Waals surface area contributed by atoms with Crippen LogP contribution in [0.2, 0.25) is 0 Å². The number of nitriles is 1. The van der Waals surface area contributed by atoms with E-state index in [9.17, 15) is 4.79 Å². The normalized spacial score (nSPS) is 6.50. The molecule has 0 heterocycles. The highest BCUT2D eigenvalue weighted by Gasteiger charge is 1.88. The average Bonchev–Trinajstić information content (AvgIpc) is 1.92. The van der Waals surface area contributed by atoms with E-state index < -0.39 is 6.09 Å². The minimum atomic E-state index is -0.833. The Kier molecular flexibility index (Phi) is 12.3. The first-order valence-corrected chi connectivity index (χ1v) is 3.06. The fraction of sp³-hybridized carbons (Fsp3) is 0.667. The van der Waals surface area contributed by atoms with E-state index >= 15 is 0 Å². The molecule has 0 aromatic heterocycles. The van der Waals surface area contributed by atoms with Gasteiger partial charge in [-0.25, -0.2) is 4.79 Å². The predicted molar refractivity (Wildman–Crippen MR) is 37.1 cm³/mol. The molecule has 4 heteroatoms. The molecule has 0 bridgehead atoms. The van der Waals surface area contributed by atoms with Crippen LogP contribution in [-0.4, -0.2) is 12.7 Å². The minimum Gasteiger partial charge on any atom is -0.449 e. The molecule has 0 saturated heterocycles. The fourth-order valence-electron chi connectivity index (χ4n) is 0.197.